The highest BCUT2D eigenvalue weighted by Gasteiger charge is 2.56. The first-order chi connectivity index (χ1) is 9.62. The summed E-state index contributed by atoms with van der Waals surface area (Å²) in [4.78, 5) is 7.40. The van der Waals surface area contributed by atoms with E-state index in [0.717, 1.165) is 24.5 Å². The summed E-state index contributed by atoms with van der Waals surface area (Å²) < 4.78 is 32.9. The highest BCUT2D eigenvalue weighted by molar-refractivity contribution is 5.99. The van der Waals surface area contributed by atoms with Crippen LogP contribution in [0.1, 0.15) is 18.4 Å². The van der Waals surface area contributed by atoms with Crippen LogP contribution in [-0.4, -0.2) is 23.9 Å². The molecule has 1 aromatic rings. The van der Waals surface area contributed by atoms with Crippen LogP contribution in [0.15, 0.2) is 29.4 Å². The summed E-state index contributed by atoms with van der Waals surface area (Å²) in [6, 6.07) is 2.02. The van der Waals surface area contributed by atoms with E-state index in [1.165, 1.54) is 6.07 Å². The lowest BCUT2D eigenvalue weighted by atomic mass is 9.97. The van der Waals surface area contributed by atoms with Crippen molar-refractivity contribution in [3.63, 3.8) is 0 Å². The van der Waals surface area contributed by atoms with E-state index in [1.807, 2.05) is 4.90 Å². The summed E-state index contributed by atoms with van der Waals surface area (Å²) in [7, 11) is 0. The molecule has 0 saturated carbocycles. The number of hydrogen-bond donors (Lipinski definition) is 0. The Morgan fingerprint density at radius 1 is 1.35 bits per heavy atom. The quantitative estimate of drug-likeness (QED) is 0.731. The van der Waals surface area contributed by atoms with Gasteiger partial charge in [0.1, 0.15) is 22.9 Å². The minimum Gasteiger partial charge on any atom is -0.486 e. The largest absolute Gasteiger partial charge is 0.486 e. The maximum atomic E-state index is 14.2. The molecule has 0 bridgehead atoms. The molecule has 0 aliphatic carbocycles. The smallest absolute Gasteiger partial charge is 0.277 e. The third-order valence-corrected chi connectivity index (χ3v) is 3.98. The maximum Gasteiger partial charge on any atom is 0.277 e. The summed E-state index contributed by atoms with van der Waals surface area (Å²) in [6.07, 6.45) is 1.73. The van der Waals surface area contributed by atoms with Gasteiger partial charge < -0.3 is 14.5 Å². The fourth-order valence-corrected chi connectivity index (χ4v) is 3.07. The van der Waals surface area contributed by atoms with Crippen molar-refractivity contribution in [2.45, 2.75) is 18.6 Å². The first kappa shape index (κ1) is 11.7. The topological polar surface area (TPSA) is 34.1 Å². The van der Waals surface area contributed by atoms with Gasteiger partial charge in [0.15, 0.2) is 12.4 Å². The molecule has 4 rings (SSSR count). The van der Waals surface area contributed by atoms with Crippen LogP contribution in [0, 0.1) is 11.6 Å². The number of fused-ring (bicyclic) bond motifs is 4. The number of ether oxygens (including phenoxy) is 1. The van der Waals surface area contributed by atoms with Gasteiger partial charge >= 0.3 is 0 Å². The van der Waals surface area contributed by atoms with Crippen LogP contribution in [0.3, 0.4) is 0 Å². The van der Waals surface area contributed by atoms with Gasteiger partial charge in [-0.15, -0.1) is 0 Å². The Labute approximate surface area is 114 Å². The zero-order chi connectivity index (χ0) is 13.9. The van der Waals surface area contributed by atoms with Crippen molar-refractivity contribution in [2.24, 2.45) is 5.16 Å². The van der Waals surface area contributed by atoms with E-state index in [4.69, 9.17) is 9.57 Å². The lowest BCUT2D eigenvalue weighted by molar-refractivity contribution is -0.116. The van der Waals surface area contributed by atoms with Crippen molar-refractivity contribution in [3.8, 4) is 5.75 Å². The van der Waals surface area contributed by atoms with Gasteiger partial charge in [0.25, 0.3) is 5.72 Å². The van der Waals surface area contributed by atoms with E-state index in [0.29, 0.717) is 12.4 Å². The van der Waals surface area contributed by atoms with E-state index in [1.54, 1.807) is 0 Å². The molecule has 1 spiro atoms. The third-order valence-electron chi connectivity index (χ3n) is 3.98. The first-order valence-corrected chi connectivity index (χ1v) is 6.46. The van der Waals surface area contributed by atoms with E-state index < -0.39 is 17.4 Å². The minimum atomic E-state index is -1.12. The predicted octanol–water partition coefficient (Wildman–Crippen LogP) is 2.51. The van der Waals surface area contributed by atoms with Gasteiger partial charge in [0.2, 0.25) is 0 Å². The van der Waals surface area contributed by atoms with Gasteiger partial charge in [-0.3, -0.25) is 0 Å². The summed E-state index contributed by atoms with van der Waals surface area (Å²) in [5.74, 6) is -0.530. The SMILES string of the molecule is C=C1CCCN2C1=NOC21COc2cc(F)cc(F)c21. The Kier molecular flexibility index (Phi) is 2.17. The van der Waals surface area contributed by atoms with Crippen LogP contribution in [-0.2, 0) is 10.6 Å². The molecule has 0 radical (unpaired) electrons. The molecule has 3 heterocycles. The van der Waals surface area contributed by atoms with E-state index in [9.17, 15) is 8.78 Å². The molecule has 1 fully saturated rings. The molecule has 1 aromatic carbocycles. The summed E-state index contributed by atoms with van der Waals surface area (Å²) >= 11 is 0. The van der Waals surface area contributed by atoms with Crippen molar-refractivity contribution in [2.75, 3.05) is 13.2 Å². The lowest BCUT2D eigenvalue weighted by Crippen LogP contribution is -2.50. The second-order valence-electron chi connectivity index (χ2n) is 5.20. The molecular weight excluding hydrogens is 266 g/mol. The van der Waals surface area contributed by atoms with Gasteiger partial charge in [-0.25, -0.2) is 8.78 Å². The molecule has 1 saturated heterocycles. The van der Waals surface area contributed by atoms with Crippen molar-refractivity contribution >= 4 is 5.84 Å². The van der Waals surface area contributed by atoms with Gasteiger partial charge in [-0.2, -0.15) is 0 Å². The average Bonchev–Trinajstić information content (AvgIpc) is 2.95. The molecule has 3 aliphatic rings. The van der Waals surface area contributed by atoms with Crippen molar-refractivity contribution < 1.29 is 18.4 Å². The van der Waals surface area contributed by atoms with Crippen LogP contribution < -0.4 is 4.74 Å². The zero-order valence-corrected chi connectivity index (χ0v) is 10.7. The number of hydrogen-bond acceptors (Lipinski definition) is 4. The van der Waals surface area contributed by atoms with Gasteiger partial charge in [0.05, 0.1) is 0 Å². The van der Waals surface area contributed by atoms with Crippen molar-refractivity contribution in [1.82, 2.24) is 4.90 Å². The number of piperidine rings is 1. The van der Waals surface area contributed by atoms with Gasteiger partial charge in [-0.1, -0.05) is 11.7 Å². The Balaban J connectivity index is 1.85. The molecule has 1 atom stereocenters. The number of oxime groups is 1. The Hall–Kier alpha value is -2.11. The first-order valence-electron chi connectivity index (χ1n) is 6.46. The van der Waals surface area contributed by atoms with Crippen molar-refractivity contribution in [1.29, 1.82) is 0 Å². The van der Waals surface area contributed by atoms with Crippen LogP contribution in [0.25, 0.3) is 0 Å². The third kappa shape index (κ3) is 1.31. The standard InChI is InChI=1S/C14H12F2N2O2/c1-8-3-2-4-18-13(8)17-20-14(18)7-19-11-6-9(15)5-10(16)12(11)14/h5-6H,1-4,7H2. The van der Waals surface area contributed by atoms with Crippen LogP contribution >= 0.6 is 0 Å². The summed E-state index contributed by atoms with van der Waals surface area (Å²) in [5, 5.41) is 4.04. The maximum absolute atomic E-state index is 14.2. The highest BCUT2D eigenvalue weighted by Crippen LogP contribution is 2.48. The highest BCUT2D eigenvalue weighted by atomic mass is 19.1. The molecule has 0 amide bonds. The average molecular weight is 278 g/mol. The molecule has 0 N–H and O–H groups in total. The van der Waals surface area contributed by atoms with E-state index in [-0.39, 0.29) is 17.9 Å². The molecular formula is C14H12F2N2O2. The van der Waals surface area contributed by atoms with Crippen molar-refractivity contribution in [3.05, 3.63) is 41.5 Å². The molecule has 0 aromatic heterocycles. The lowest BCUT2D eigenvalue weighted by Gasteiger charge is -2.36. The van der Waals surface area contributed by atoms with Gasteiger partial charge in [-0.05, 0) is 18.4 Å². The fourth-order valence-electron chi connectivity index (χ4n) is 3.07. The number of nitrogens with zero attached hydrogens (tertiary/aromatic N) is 2. The van der Waals surface area contributed by atoms with Crippen LogP contribution in [0.2, 0.25) is 0 Å². The zero-order valence-electron chi connectivity index (χ0n) is 10.7. The van der Waals surface area contributed by atoms with E-state index >= 15 is 0 Å². The molecule has 104 valence electrons. The number of amidine groups is 1. The fraction of sp³-hybridized carbons (Fsp3) is 0.357. The second-order valence-corrected chi connectivity index (χ2v) is 5.20. The minimum absolute atomic E-state index is 0.0863. The molecule has 4 nitrogen and oxygen atoms in total. The Morgan fingerprint density at radius 3 is 3.05 bits per heavy atom. The predicted molar refractivity (Wildman–Crippen MR) is 67.1 cm³/mol. The number of benzene rings is 1. The number of halogens is 2. The Morgan fingerprint density at radius 2 is 2.20 bits per heavy atom. The Bertz CT molecular complexity index is 659. The number of rotatable bonds is 0. The second kappa shape index (κ2) is 3.71. The van der Waals surface area contributed by atoms with E-state index in [2.05, 4.69) is 11.7 Å². The summed E-state index contributed by atoms with van der Waals surface area (Å²) in [6.45, 7) is 4.72. The van der Waals surface area contributed by atoms with Crippen LogP contribution in [0.5, 0.6) is 5.75 Å². The normalized spacial score (nSPS) is 27.0. The molecule has 20 heavy (non-hydrogen) atoms. The summed E-state index contributed by atoms with van der Waals surface area (Å²) in [5.41, 5.74) is -0.0392. The monoisotopic (exact) mass is 278 g/mol. The van der Waals surface area contributed by atoms with Crippen LogP contribution in [0.4, 0.5) is 8.78 Å². The molecule has 1 unspecified atom stereocenters. The molecule has 6 heteroatoms. The van der Waals surface area contributed by atoms with Gasteiger partial charge in [0, 0.05) is 18.7 Å². The molecule has 3 aliphatic heterocycles.